The Kier molecular flexibility index (Phi) is 1.51. The first-order valence-corrected chi connectivity index (χ1v) is 2.58. The van der Waals surface area contributed by atoms with Crippen LogP contribution in [0.15, 0.2) is 0 Å². The van der Waals surface area contributed by atoms with Crippen molar-refractivity contribution in [1.29, 1.82) is 0 Å². The van der Waals surface area contributed by atoms with E-state index in [0.29, 0.717) is 0 Å². The minimum atomic E-state index is 0. The van der Waals surface area contributed by atoms with Gasteiger partial charge in [-0.05, 0) is 19.3 Å². The molecule has 0 radical (unpaired) electrons. The first kappa shape index (κ1) is 4.13. The molecular weight excluding hydrogens is 76.1 g/mol. The molecular formula is C5H11O+. The maximum absolute atomic E-state index is 5.07. The van der Waals surface area contributed by atoms with Crippen molar-refractivity contribution in [2.45, 2.75) is 19.3 Å². The standard InChI is InChI=1S/C5H10O/c1-2-4-6-5-3-1/h1-5H2/p+1. The van der Waals surface area contributed by atoms with Crippen molar-refractivity contribution in [2.24, 2.45) is 0 Å². The predicted molar refractivity (Wildman–Crippen MR) is 25.8 cm³/mol. The SMILES string of the molecule is C1CCOCC1.[H+]. The number of ether oxygens (including phenoxy) is 1. The van der Waals surface area contributed by atoms with Crippen molar-refractivity contribution in [3.8, 4) is 0 Å². The third kappa shape index (κ3) is 0.977. The van der Waals surface area contributed by atoms with Gasteiger partial charge in [0, 0.05) is 13.2 Å². The van der Waals surface area contributed by atoms with Crippen molar-refractivity contribution >= 4 is 0 Å². The summed E-state index contributed by atoms with van der Waals surface area (Å²) in [7, 11) is 0. The van der Waals surface area contributed by atoms with Gasteiger partial charge in [-0.3, -0.25) is 0 Å². The average molecular weight is 87.1 g/mol. The molecule has 1 rings (SSSR count). The highest BCUT2D eigenvalue weighted by Crippen LogP contribution is 2.01. The molecule has 1 heterocycles. The Labute approximate surface area is 39.8 Å². The van der Waals surface area contributed by atoms with E-state index in [0.717, 1.165) is 13.2 Å². The fourth-order valence-corrected chi connectivity index (χ4v) is 0.687. The molecule has 0 aromatic rings. The van der Waals surface area contributed by atoms with Gasteiger partial charge in [-0.15, -0.1) is 0 Å². The van der Waals surface area contributed by atoms with Crippen LogP contribution >= 0.6 is 0 Å². The molecule has 0 saturated carbocycles. The van der Waals surface area contributed by atoms with Crippen LogP contribution in [0, 0.1) is 0 Å². The second-order valence-corrected chi connectivity index (χ2v) is 1.67. The summed E-state index contributed by atoms with van der Waals surface area (Å²) < 4.78 is 5.07. The molecule has 1 heteroatoms. The lowest BCUT2D eigenvalue weighted by Crippen LogP contribution is -2.03. The molecule has 6 heavy (non-hydrogen) atoms. The van der Waals surface area contributed by atoms with Gasteiger partial charge in [-0.2, -0.15) is 0 Å². The maximum atomic E-state index is 5.07. The molecule has 1 saturated heterocycles. The molecule has 1 aliphatic heterocycles. The second kappa shape index (κ2) is 2.19. The van der Waals surface area contributed by atoms with Gasteiger partial charge >= 0.3 is 1.43 Å². The van der Waals surface area contributed by atoms with Crippen LogP contribution in [0.2, 0.25) is 0 Å². The van der Waals surface area contributed by atoms with Gasteiger partial charge in [0.15, 0.2) is 0 Å². The van der Waals surface area contributed by atoms with Crippen molar-refractivity contribution < 1.29 is 6.16 Å². The third-order valence-corrected chi connectivity index (χ3v) is 1.08. The van der Waals surface area contributed by atoms with E-state index in [9.17, 15) is 0 Å². The molecule has 1 fully saturated rings. The quantitative estimate of drug-likeness (QED) is 0.432. The zero-order valence-electron chi connectivity index (χ0n) is 4.94. The summed E-state index contributed by atoms with van der Waals surface area (Å²) in [5, 5.41) is 0. The van der Waals surface area contributed by atoms with E-state index in [2.05, 4.69) is 0 Å². The van der Waals surface area contributed by atoms with E-state index in [-0.39, 0.29) is 1.43 Å². The summed E-state index contributed by atoms with van der Waals surface area (Å²) in [5.41, 5.74) is 0. The van der Waals surface area contributed by atoms with E-state index in [1.807, 2.05) is 0 Å². The van der Waals surface area contributed by atoms with E-state index >= 15 is 0 Å². The van der Waals surface area contributed by atoms with Gasteiger partial charge in [-0.1, -0.05) is 0 Å². The number of rotatable bonds is 0. The molecule has 1 nitrogen and oxygen atoms in total. The van der Waals surface area contributed by atoms with E-state index in [4.69, 9.17) is 4.74 Å². The Morgan fingerprint density at radius 2 is 1.67 bits per heavy atom. The largest absolute Gasteiger partial charge is 1.00 e. The van der Waals surface area contributed by atoms with Gasteiger partial charge in [0.1, 0.15) is 0 Å². The summed E-state index contributed by atoms with van der Waals surface area (Å²) in [6.07, 6.45) is 3.93. The molecule has 0 aromatic heterocycles. The Morgan fingerprint density at radius 1 is 1.00 bits per heavy atom. The van der Waals surface area contributed by atoms with E-state index in [1.165, 1.54) is 19.3 Å². The molecule has 0 bridgehead atoms. The topological polar surface area (TPSA) is 9.23 Å². The van der Waals surface area contributed by atoms with E-state index in [1.54, 1.807) is 0 Å². The normalized spacial score (nSPS) is 24.0. The zero-order chi connectivity index (χ0) is 4.24. The number of hydrogen-bond donors (Lipinski definition) is 0. The predicted octanol–water partition coefficient (Wildman–Crippen LogP) is 1.30. The molecule has 0 amide bonds. The van der Waals surface area contributed by atoms with Crippen LogP contribution in [0.4, 0.5) is 0 Å². The lowest BCUT2D eigenvalue weighted by Gasteiger charge is -2.08. The first-order chi connectivity index (χ1) is 3.00. The smallest absolute Gasteiger partial charge is 0.381 e. The van der Waals surface area contributed by atoms with Gasteiger partial charge in [0.05, 0.1) is 0 Å². The molecule has 0 spiro atoms. The highest BCUT2D eigenvalue weighted by molar-refractivity contribution is 4.45. The zero-order valence-corrected chi connectivity index (χ0v) is 3.94. The molecule has 0 aromatic carbocycles. The minimum absolute atomic E-state index is 0. The third-order valence-electron chi connectivity index (χ3n) is 1.08. The van der Waals surface area contributed by atoms with Crippen LogP contribution in [-0.2, 0) is 4.74 Å². The fraction of sp³-hybridized carbons (Fsp3) is 1.00. The summed E-state index contributed by atoms with van der Waals surface area (Å²) in [6.45, 7) is 2.00. The summed E-state index contributed by atoms with van der Waals surface area (Å²) >= 11 is 0. The van der Waals surface area contributed by atoms with Gasteiger partial charge in [0.2, 0.25) is 0 Å². The van der Waals surface area contributed by atoms with Crippen molar-refractivity contribution in [1.82, 2.24) is 0 Å². The molecule has 1 aliphatic rings. The second-order valence-electron chi connectivity index (χ2n) is 1.67. The monoisotopic (exact) mass is 87.1 g/mol. The average Bonchev–Trinajstić information content (AvgIpc) is 1.72. The van der Waals surface area contributed by atoms with Gasteiger partial charge in [0.25, 0.3) is 0 Å². The van der Waals surface area contributed by atoms with E-state index < -0.39 is 0 Å². The van der Waals surface area contributed by atoms with Crippen molar-refractivity contribution in [2.75, 3.05) is 13.2 Å². The van der Waals surface area contributed by atoms with Crippen LogP contribution in [0.3, 0.4) is 0 Å². The lowest BCUT2D eigenvalue weighted by atomic mass is 10.2. The van der Waals surface area contributed by atoms with Crippen LogP contribution in [0.5, 0.6) is 0 Å². The minimum Gasteiger partial charge on any atom is -0.381 e. The Hall–Kier alpha value is -0.0400. The molecule has 0 atom stereocenters. The maximum Gasteiger partial charge on any atom is 1.00 e. The highest BCUT2D eigenvalue weighted by atomic mass is 16.5. The van der Waals surface area contributed by atoms with Crippen LogP contribution in [-0.4, -0.2) is 13.2 Å². The highest BCUT2D eigenvalue weighted by Gasteiger charge is 1.94. The van der Waals surface area contributed by atoms with Crippen LogP contribution < -0.4 is 0 Å². The summed E-state index contributed by atoms with van der Waals surface area (Å²) in [4.78, 5) is 0. The van der Waals surface area contributed by atoms with Crippen molar-refractivity contribution in [3.05, 3.63) is 0 Å². The fourth-order valence-electron chi connectivity index (χ4n) is 0.687. The molecule has 36 valence electrons. The van der Waals surface area contributed by atoms with Crippen LogP contribution in [0.25, 0.3) is 0 Å². The first-order valence-electron chi connectivity index (χ1n) is 2.58. The summed E-state index contributed by atoms with van der Waals surface area (Å²) in [6, 6.07) is 0. The molecule has 0 unspecified atom stereocenters. The Bertz CT molecular complexity index is 23.6. The molecule has 0 N–H and O–H groups in total. The Morgan fingerprint density at radius 3 is 1.83 bits per heavy atom. The van der Waals surface area contributed by atoms with Gasteiger partial charge < -0.3 is 4.74 Å². The van der Waals surface area contributed by atoms with Crippen molar-refractivity contribution in [3.63, 3.8) is 0 Å². The van der Waals surface area contributed by atoms with Gasteiger partial charge in [-0.25, -0.2) is 0 Å². The number of hydrogen-bond acceptors (Lipinski definition) is 1. The summed E-state index contributed by atoms with van der Waals surface area (Å²) in [5.74, 6) is 0. The van der Waals surface area contributed by atoms with Crippen LogP contribution in [0.1, 0.15) is 20.7 Å². The Balaban J connectivity index is 0.000000360. The lowest BCUT2D eigenvalue weighted by molar-refractivity contribution is 0.0968. The molecule has 0 aliphatic carbocycles.